The van der Waals surface area contributed by atoms with E-state index >= 15 is 0 Å². The van der Waals surface area contributed by atoms with Crippen LogP contribution in [0.3, 0.4) is 0 Å². The van der Waals surface area contributed by atoms with Gasteiger partial charge < -0.3 is 9.15 Å². The maximum absolute atomic E-state index is 13.5. The molecular weight excluding hydrogens is 360 g/mol. The van der Waals surface area contributed by atoms with Gasteiger partial charge in [-0.15, -0.1) is 0 Å². The molecule has 0 radical (unpaired) electrons. The van der Waals surface area contributed by atoms with Crippen molar-refractivity contribution in [3.63, 3.8) is 0 Å². The molecule has 1 aromatic rings. The Morgan fingerprint density at radius 2 is 1.97 bits per heavy atom. The van der Waals surface area contributed by atoms with E-state index in [0.29, 0.717) is 23.5 Å². The molecule has 1 saturated heterocycles. The summed E-state index contributed by atoms with van der Waals surface area (Å²) in [7, 11) is 0. The van der Waals surface area contributed by atoms with Crippen LogP contribution < -0.4 is 0 Å². The summed E-state index contributed by atoms with van der Waals surface area (Å²) < 4.78 is 11.9. The minimum Gasteiger partial charge on any atom is -0.472 e. The predicted octanol–water partition coefficient (Wildman–Crippen LogP) is 5.69. The molecule has 3 heteroatoms. The molecule has 1 aliphatic heterocycles. The number of rotatable bonds is 1. The van der Waals surface area contributed by atoms with Gasteiger partial charge in [-0.1, -0.05) is 45.4 Å². The summed E-state index contributed by atoms with van der Waals surface area (Å²) in [6.45, 7) is 10.2. The maximum Gasteiger partial charge on any atom is 0.161 e. The van der Waals surface area contributed by atoms with Crippen LogP contribution in [0.4, 0.5) is 0 Å². The monoisotopic (exact) mass is 392 g/mol. The van der Waals surface area contributed by atoms with E-state index in [1.54, 1.807) is 11.8 Å². The van der Waals surface area contributed by atoms with Gasteiger partial charge in [0.1, 0.15) is 0 Å². The molecule has 2 saturated carbocycles. The smallest absolute Gasteiger partial charge is 0.161 e. The molecule has 29 heavy (non-hydrogen) atoms. The van der Waals surface area contributed by atoms with Crippen molar-refractivity contribution in [3.05, 3.63) is 48.0 Å². The summed E-state index contributed by atoms with van der Waals surface area (Å²) >= 11 is 0. The Balaban J connectivity index is 1.47. The fraction of sp³-hybridized carbons (Fsp3) is 0.654. The average molecular weight is 393 g/mol. The molecule has 0 bridgehead atoms. The van der Waals surface area contributed by atoms with Gasteiger partial charge in [0.2, 0.25) is 0 Å². The van der Waals surface area contributed by atoms with E-state index in [9.17, 15) is 4.79 Å². The SMILES string of the molecule is C[C@@]12C(=O)C=C[C@@]3(C)CO[C@@H](C[C@@]4(C)C5=CC[C@@H](c6ccoc6)[C@]5(C)CC[C@H]14)[C@H]23. The van der Waals surface area contributed by atoms with E-state index in [-0.39, 0.29) is 27.8 Å². The molecule has 2 heterocycles. The summed E-state index contributed by atoms with van der Waals surface area (Å²) in [5, 5.41) is 0. The Morgan fingerprint density at radius 1 is 1.14 bits per heavy atom. The van der Waals surface area contributed by atoms with Crippen LogP contribution in [-0.2, 0) is 9.53 Å². The van der Waals surface area contributed by atoms with Crippen LogP contribution >= 0.6 is 0 Å². The Bertz CT molecular complexity index is 941. The van der Waals surface area contributed by atoms with Gasteiger partial charge in [-0.3, -0.25) is 4.79 Å². The first kappa shape index (κ1) is 18.2. The first-order valence-electron chi connectivity index (χ1n) is 11.3. The quantitative estimate of drug-likeness (QED) is 0.577. The Labute approximate surface area is 173 Å². The highest BCUT2D eigenvalue weighted by atomic mass is 16.5. The summed E-state index contributed by atoms with van der Waals surface area (Å²) in [6, 6.07) is 2.14. The highest BCUT2D eigenvalue weighted by Gasteiger charge is 2.71. The number of ether oxygens (including phenoxy) is 1. The van der Waals surface area contributed by atoms with Gasteiger partial charge in [-0.05, 0) is 66.1 Å². The summed E-state index contributed by atoms with van der Waals surface area (Å²) in [6.07, 6.45) is 14.9. The minimum atomic E-state index is -0.326. The second-order valence-electron chi connectivity index (χ2n) is 11.4. The summed E-state index contributed by atoms with van der Waals surface area (Å²) in [4.78, 5) is 13.5. The Hall–Kier alpha value is -1.61. The van der Waals surface area contributed by atoms with E-state index in [4.69, 9.17) is 9.15 Å². The van der Waals surface area contributed by atoms with E-state index in [0.717, 1.165) is 32.3 Å². The minimum absolute atomic E-state index is 0.00120. The van der Waals surface area contributed by atoms with Gasteiger partial charge in [0.05, 0.1) is 25.2 Å². The highest BCUT2D eigenvalue weighted by Crippen LogP contribution is 2.73. The average Bonchev–Trinajstić information content (AvgIpc) is 3.37. The number of fused-ring (bicyclic) bond motifs is 4. The summed E-state index contributed by atoms with van der Waals surface area (Å²) in [5.41, 5.74) is 2.75. The van der Waals surface area contributed by atoms with Crippen LogP contribution in [-0.4, -0.2) is 18.5 Å². The highest BCUT2D eigenvalue weighted by molar-refractivity contribution is 5.97. The normalized spacial score (nSPS) is 52.7. The predicted molar refractivity (Wildman–Crippen MR) is 111 cm³/mol. The fourth-order valence-electron chi connectivity index (χ4n) is 8.95. The van der Waals surface area contributed by atoms with Crippen LogP contribution in [0.2, 0.25) is 0 Å². The first-order valence-corrected chi connectivity index (χ1v) is 11.3. The molecule has 0 spiro atoms. The second-order valence-corrected chi connectivity index (χ2v) is 11.4. The van der Waals surface area contributed by atoms with Crippen LogP contribution in [0.15, 0.2) is 46.8 Å². The first-order chi connectivity index (χ1) is 13.7. The van der Waals surface area contributed by atoms with Crippen LogP contribution in [0.1, 0.15) is 64.9 Å². The van der Waals surface area contributed by atoms with Crippen LogP contribution in [0.5, 0.6) is 0 Å². The summed E-state index contributed by atoms with van der Waals surface area (Å²) in [5.74, 6) is 1.51. The fourth-order valence-corrected chi connectivity index (χ4v) is 8.95. The maximum atomic E-state index is 13.5. The van der Waals surface area contributed by atoms with Crippen molar-refractivity contribution in [2.24, 2.45) is 33.5 Å². The molecular formula is C26H32O3. The number of ketones is 1. The number of allylic oxidation sites excluding steroid dienone is 3. The lowest BCUT2D eigenvalue weighted by molar-refractivity contribution is -0.159. The van der Waals surface area contributed by atoms with E-state index < -0.39 is 0 Å². The van der Waals surface area contributed by atoms with E-state index in [1.807, 2.05) is 12.3 Å². The van der Waals surface area contributed by atoms with Gasteiger partial charge in [0.25, 0.3) is 0 Å². The Morgan fingerprint density at radius 3 is 2.72 bits per heavy atom. The lowest BCUT2D eigenvalue weighted by atomic mass is 9.38. The molecule has 6 rings (SSSR count). The molecule has 154 valence electrons. The molecule has 3 fully saturated rings. The third kappa shape index (κ3) is 1.96. The topological polar surface area (TPSA) is 39.4 Å². The van der Waals surface area contributed by atoms with Crippen molar-refractivity contribution in [3.8, 4) is 0 Å². The zero-order valence-corrected chi connectivity index (χ0v) is 18.0. The number of furan rings is 1. The number of carbonyl (C=O) groups excluding carboxylic acids is 1. The molecule has 8 atom stereocenters. The molecule has 0 aromatic carbocycles. The standard InChI is InChI=1S/C26H32O3/c1-23-10-8-21(27)26(4)20-7-11-24(2)17(16-9-12-28-14-16)5-6-19(24)25(20,3)13-18(22(23)26)29-15-23/h6,8-10,12,14,17-18,20,22H,5,7,11,13,15H2,1-4H3/t17-,18-,20-,22-,23-,24-,25-,26-/m0/s1. The van der Waals surface area contributed by atoms with Gasteiger partial charge in [0, 0.05) is 16.7 Å². The molecule has 0 unspecified atom stereocenters. The van der Waals surface area contributed by atoms with Gasteiger partial charge in [-0.25, -0.2) is 0 Å². The Kier molecular flexibility index (Phi) is 3.35. The molecule has 1 aromatic heterocycles. The van der Waals surface area contributed by atoms with Gasteiger partial charge in [-0.2, -0.15) is 0 Å². The molecule has 0 amide bonds. The third-order valence-electron chi connectivity index (χ3n) is 10.1. The van der Waals surface area contributed by atoms with Crippen molar-refractivity contribution < 1.29 is 13.9 Å². The van der Waals surface area contributed by atoms with Crippen molar-refractivity contribution in [1.29, 1.82) is 0 Å². The molecule has 3 nitrogen and oxygen atoms in total. The van der Waals surface area contributed by atoms with Crippen LogP contribution in [0, 0.1) is 33.5 Å². The number of hydrogen-bond donors (Lipinski definition) is 0. The zero-order valence-electron chi connectivity index (χ0n) is 18.0. The van der Waals surface area contributed by atoms with Gasteiger partial charge >= 0.3 is 0 Å². The van der Waals surface area contributed by atoms with Crippen molar-refractivity contribution >= 4 is 5.78 Å². The largest absolute Gasteiger partial charge is 0.472 e. The van der Waals surface area contributed by atoms with Crippen molar-refractivity contribution in [1.82, 2.24) is 0 Å². The van der Waals surface area contributed by atoms with Crippen molar-refractivity contribution in [2.45, 2.75) is 65.4 Å². The number of hydrogen-bond acceptors (Lipinski definition) is 3. The molecule has 4 aliphatic carbocycles. The number of carbonyl (C=O) groups is 1. The lowest BCUT2D eigenvalue weighted by Crippen LogP contribution is -2.63. The van der Waals surface area contributed by atoms with E-state index in [2.05, 4.69) is 45.9 Å². The zero-order chi connectivity index (χ0) is 20.2. The second kappa shape index (κ2) is 5.35. The van der Waals surface area contributed by atoms with E-state index in [1.165, 1.54) is 5.56 Å². The molecule has 0 N–H and O–H groups in total. The molecule has 5 aliphatic rings. The lowest BCUT2D eigenvalue weighted by Gasteiger charge is -2.64. The van der Waals surface area contributed by atoms with Crippen LogP contribution in [0.25, 0.3) is 0 Å². The van der Waals surface area contributed by atoms with Gasteiger partial charge in [0.15, 0.2) is 5.78 Å². The third-order valence-corrected chi connectivity index (χ3v) is 10.1. The van der Waals surface area contributed by atoms with Crippen molar-refractivity contribution in [2.75, 3.05) is 6.61 Å².